The van der Waals surface area contributed by atoms with Gasteiger partial charge in [-0.1, -0.05) is 6.92 Å². The second kappa shape index (κ2) is 5.00. The summed E-state index contributed by atoms with van der Waals surface area (Å²) in [5, 5.41) is 0. The van der Waals surface area contributed by atoms with Gasteiger partial charge in [-0.2, -0.15) is 0 Å². The summed E-state index contributed by atoms with van der Waals surface area (Å²) in [6, 6.07) is 0.108. The Balaban J connectivity index is 1.94. The molecular weight excluding hydrogens is 216 g/mol. The number of likely N-dealkylation sites (tertiary alicyclic amines) is 1. The van der Waals surface area contributed by atoms with Crippen LogP contribution in [0.25, 0.3) is 0 Å². The van der Waals surface area contributed by atoms with Crippen molar-refractivity contribution in [3.05, 3.63) is 11.6 Å². The van der Waals surface area contributed by atoms with E-state index in [1.165, 1.54) is 11.0 Å². The Labute approximate surface area is 102 Å². The SMILES string of the molecule is CCCN1CCC(N2C(=O)C=C(C)C2=O)CC1. The van der Waals surface area contributed by atoms with E-state index in [0.29, 0.717) is 5.57 Å². The first-order valence-corrected chi connectivity index (χ1v) is 6.41. The molecule has 2 heterocycles. The van der Waals surface area contributed by atoms with Crippen LogP contribution in [0.2, 0.25) is 0 Å². The summed E-state index contributed by atoms with van der Waals surface area (Å²) in [6.07, 6.45) is 4.45. The lowest BCUT2D eigenvalue weighted by Crippen LogP contribution is -2.47. The van der Waals surface area contributed by atoms with Gasteiger partial charge in [0.2, 0.25) is 0 Å². The molecule has 2 aliphatic rings. The molecule has 0 spiro atoms. The smallest absolute Gasteiger partial charge is 0.256 e. The summed E-state index contributed by atoms with van der Waals surface area (Å²) >= 11 is 0. The second-order valence-electron chi connectivity index (χ2n) is 4.91. The lowest BCUT2D eigenvalue weighted by molar-refractivity contribution is -0.140. The number of nitrogens with zero attached hydrogens (tertiary/aromatic N) is 2. The highest BCUT2D eigenvalue weighted by atomic mass is 16.2. The van der Waals surface area contributed by atoms with E-state index in [1.807, 2.05) is 0 Å². The molecule has 0 saturated carbocycles. The van der Waals surface area contributed by atoms with Gasteiger partial charge in [-0.05, 0) is 32.7 Å². The Morgan fingerprint density at radius 1 is 1.29 bits per heavy atom. The van der Waals surface area contributed by atoms with Gasteiger partial charge in [0.25, 0.3) is 11.8 Å². The summed E-state index contributed by atoms with van der Waals surface area (Å²) in [5.41, 5.74) is 0.575. The average molecular weight is 236 g/mol. The van der Waals surface area contributed by atoms with E-state index < -0.39 is 0 Å². The minimum absolute atomic E-state index is 0.0936. The zero-order chi connectivity index (χ0) is 12.4. The zero-order valence-electron chi connectivity index (χ0n) is 10.6. The van der Waals surface area contributed by atoms with E-state index in [4.69, 9.17) is 0 Å². The molecule has 0 aliphatic carbocycles. The lowest BCUT2D eigenvalue weighted by Gasteiger charge is -2.35. The normalized spacial score (nSPS) is 23.4. The fourth-order valence-electron chi connectivity index (χ4n) is 2.67. The van der Waals surface area contributed by atoms with Crippen LogP contribution in [-0.4, -0.2) is 47.3 Å². The van der Waals surface area contributed by atoms with Crippen LogP contribution in [0.4, 0.5) is 0 Å². The van der Waals surface area contributed by atoms with E-state index >= 15 is 0 Å². The predicted molar refractivity (Wildman–Crippen MR) is 65.4 cm³/mol. The molecule has 0 atom stereocenters. The Kier molecular flexibility index (Phi) is 3.62. The van der Waals surface area contributed by atoms with E-state index in [-0.39, 0.29) is 17.9 Å². The van der Waals surface area contributed by atoms with Crippen LogP contribution in [0.15, 0.2) is 11.6 Å². The van der Waals surface area contributed by atoms with Crippen molar-refractivity contribution < 1.29 is 9.59 Å². The van der Waals surface area contributed by atoms with Crippen LogP contribution < -0.4 is 0 Å². The molecule has 4 heteroatoms. The van der Waals surface area contributed by atoms with E-state index in [1.54, 1.807) is 6.92 Å². The highest BCUT2D eigenvalue weighted by molar-refractivity contribution is 6.16. The van der Waals surface area contributed by atoms with Crippen molar-refractivity contribution in [1.82, 2.24) is 9.80 Å². The fourth-order valence-corrected chi connectivity index (χ4v) is 2.67. The third kappa shape index (κ3) is 2.41. The molecule has 0 radical (unpaired) electrons. The van der Waals surface area contributed by atoms with E-state index in [2.05, 4.69) is 11.8 Å². The molecule has 0 unspecified atom stereocenters. The highest BCUT2D eigenvalue weighted by Gasteiger charge is 2.35. The monoisotopic (exact) mass is 236 g/mol. The lowest BCUT2D eigenvalue weighted by atomic mass is 10.0. The third-order valence-corrected chi connectivity index (χ3v) is 3.60. The van der Waals surface area contributed by atoms with Crippen molar-refractivity contribution in [3.63, 3.8) is 0 Å². The van der Waals surface area contributed by atoms with Crippen molar-refractivity contribution in [1.29, 1.82) is 0 Å². The number of rotatable bonds is 3. The molecule has 0 aromatic carbocycles. The fraction of sp³-hybridized carbons (Fsp3) is 0.692. The van der Waals surface area contributed by atoms with E-state index in [0.717, 1.165) is 38.9 Å². The zero-order valence-corrected chi connectivity index (χ0v) is 10.6. The number of carbonyl (C=O) groups is 2. The number of piperidine rings is 1. The molecule has 0 N–H and O–H groups in total. The molecule has 4 nitrogen and oxygen atoms in total. The molecule has 2 amide bonds. The summed E-state index contributed by atoms with van der Waals surface area (Å²) < 4.78 is 0. The van der Waals surface area contributed by atoms with Crippen LogP contribution in [0.1, 0.15) is 33.1 Å². The number of hydrogen-bond acceptors (Lipinski definition) is 3. The number of hydrogen-bond donors (Lipinski definition) is 0. The largest absolute Gasteiger partial charge is 0.303 e. The molecule has 17 heavy (non-hydrogen) atoms. The molecule has 0 bridgehead atoms. The molecule has 1 saturated heterocycles. The number of imide groups is 1. The summed E-state index contributed by atoms with van der Waals surface area (Å²) in [5.74, 6) is -0.217. The van der Waals surface area contributed by atoms with Crippen LogP contribution in [0, 0.1) is 0 Å². The Morgan fingerprint density at radius 3 is 2.41 bits per heavy atom. The topological polar surface area (TPSA) is 40.6 Å². The van der Waals surface area contributed by atoms with Gasteiger partial charge in [-0.25, -0.2) is 0 Å². The van der Waals surface area contributed by atoms with Crippen molar-refractivity contribution in [2.24, 2.45) is 0 Å². The molecule has 1 fully saturated rings. The predicted octanol–water partition coefficient (Wildman–Crippen LogP) is 1.18. The summed E-state index contributed by atoms with van der Waals surface area (Å²) in [7, 11) is 0. The van der Waals surface area contributed by atoms with Crippen LogP contribution in [0.3, 0.4) is 0 Å². The first kappa shape index (κ1) is 12.3. The Bertz CT molecular complexity index is 354. The maximum absolute atomic E-state index is 11.8. The number of carbonyl (C=O) groups excluding carboxylic acids is 2. The maximum atomic E-state index is 11.8. The van der Waals surface area contributed by atoms with Gasteiger partial charge in [-0.15, -0.1) is 0 Å². The first-order chi connectivity index (χ1) is 8.13. The van der Waals surface area contributed by atoms with Crippen molar-refractivity contribution in [2.45, 2.75) is 39.2 Å². The molecule has 0 aromatic heterocycles. The van der Waals surface area contributed by atoms with Gasteiger partial charge in [0.15, 0.2) is 0 Å². The molecular formula is C13H20N2O2. The third-order valence-electron chi connectivity index (χ3n) is 3.60. The Morgan fingerprint density at radius 2 is 1.94 bits per heavy atom. The molecule has 0 aromatic rings. The average Bonchev–Trinajstić information content (AvgIpc) is 2.55. The first-order valence-electron chi connectivity index (χ1n) is 6.41. The molecule has 2 rings (SSSR count). The standard InChI is InChI=1S/C13H20N2O2/c1-3-6-14-7-4-11(5-8-14)15-12(16)9-10(2)13(15)17/h9,11H,3-8H2,1-2H3. The van der Waals surface area contributed by atoms with Gasteiger partial charge in [0.1, 0.15) is 0 Å². The van der Waals surface area contributed by atoms with Crippen LogP contribution in [0.5, 0.6) is 0 Å². The summed E-state index contributed by atoms with van der Waals surface area (Å²) in [4.78, 5) is 27.4. The highest BCUT2D eigenvalue weighted by Crippen LogP contribution is 2.22. The minimum Gasteiger partial charge on any atom is -0.303 e. The molecule has 2 aliphatic heterocycles. The number of amides is 2. The van der Waals surface area contributed by atoms with Crippen molar-refractivity contribution in [3.8, 4) is 0 Å². The van der Waals surface area contributed by atoms with Crippen molar-refractivity contribution in [2.75, 3.05) is 19.6 Å². The molecule has 94 valence electrons. The van der Waals surface area contributed by atoms with E-state index in [9.17, 15) is 9.59 Å². The minimum atomic E-state index is -0.124. The Hall–Kier alpha value is -1.16. The second-order valence-corrected chi connectivity index (χ2v) is 4.91. The van der Waals surface area contributed by atoms with Gasteiger partial charge in [-0.3, -0.25) is 14.5 Å². The van der Waals surface area contributed by atoms with Gasteiger partial charge >= 0.3 is 0 Å². The van der Waals surface area contributed by atoms with Crippen LogP contribution in [-0.2, 0) is 9.59 Å². The van der Waals surface area contributed by atoms with Crippen molar-refractivity contribution >= 4 is 11.8 Å². The van der Waals surface area contributed by atoms with Gasteiger partial charge in [0, 0.05) is 30.8 Å². The van der Waals surface area contributed by atoms with Gasteiger partial charge in [0.05, 0.1) is 0 Å². The van der Waals surface area contributed by atoms with Gasteiger partial charge < -0.3 is 4.90 Å². The quantitative estimate of drug-likeness (QED) is 0.691. The summed E-state index contributed by atoms with van der Waals surface area (Å²) in [6.45, 7) is 6.99. The van der Waals surface area contributed by atoms with Crippen LogP contribution >= 0.6 is 0 Å². The maximum Gasteiger partial charge on any atom is 0.256 e.